The number of hydrogen-bond donors (Lipinski definition) is 2. The summed E-state index contributed by atoms with van der Waals surface area (Å²) in [6.45, 7) is 2.35. The van der Waals surface area contributed by atoms with Gasteiger partial charge in [-0.05, 0) is 30.7 Å². The van der Waals surface area contributed by atoms with E-state index in [2.05, 4.69) is 22.1 Å². The van der Waals surface area contributed by atoms with Crippen molar-refractivity contribution in [2.75, 3.05) is 11.9 Å². The molecule has 0 radical (unpaired) electrons. The standard InChI is InChI=1S/C16H17N3O2/c1-13-9-14(3-2-8-20)11-15(10-13)18-16(21)4-6-19-7-5-17-12-19/h5,7,9-12,20H,4,6,8H2,1H3,(H,18,21). The van der Waals surface area contributed by atoms with Gasteiger partial charge in [0.25, 0.3) is 0 Å². The van der Waals surface area contributed by atoms with Gasteiger partial charge in [0.1, 0.15) is 6.61 Å². The quantitative estimate of drug-likeness (QED) is 0.837. The Bertz CT molecular complexity index is 667. The first-order chi connectivity index (χ1) is 10.2. The largest absolute Gasteiger partial charge is 0.384 e. The molecule has 2 aromatic rings. The molecule has 1 aromatic heterocycles. The van der Waals surface area contributed by atoms with E-state index in [1.54, 1.807) is 18.6 Å². The minimum absolute atomic E-state index is 0.0598. The molecule has 0 saturated heterocycles. The van der Waals surface area contributed by atoms with Crippen LogP contribution in [0, 0.1) is 18.8 Å². The molecule has 0 fully saturated rings. The SMILES string of the molecule is Cc1cc(C#CCO)cc(NC(=O)CCn2ccnc2)c1. The maximum atomic E-state index is 11.9. The minimum Gasteiger partial charge on any atom is -0.384 e. The Labute approximate surface area is 123 Å². The molecule has 1 aromatic carbocycles. The van der Waals surface area contributed by atoms with Crippen LogP contribution >= 0.6 is 0 Å². The van der Waals surface area contributed by atoms with E-state index >= 15 is 0 Å². The average molecular weight is 283 g/mol. The minimum atomic E-state index is -0.180. The first kappa shape index (κ1) is 14.8. The Kier molecular flexibility index (Phi) is 5.13. The van der Waals surface area contributed by atoms with E-state index in [0.717, 1.165) is 11.1 Å². The molecule has 108 valence electrons. The van der Waals surface area contributed by atoms with Gasteiger partial charge < -0.3 is 15.0 Å². The predicted molar refractivity (Wildman–Crippen MR) is 80.6 cm³/mol. The van der Waals surface area contributed by atoms with Crippen LogP contribution in [0.25, 0.3) is 0 Å². The summed E-state index contributed by atoms with van der Waals surface area (Å²) in [5, 5.41) is 11.6. The van der Waals surface area contributed by atoms with Gasteiger partial charge in [-0.2, -0.15) is 0 Å². The van der Waals surface area contributed by atoms with Gasteiger partial charge in [0.15, 0.2) is 0 Å². The lowest BCUT2D eigenvalue weighted by Crippen LogP contribution is -2.14. The van der Waals surface area contributed by atoms with E-state index in [1.165, 1.54) is 0 Å². The number of rotatable bonds is 4. The number of carbonyl (C=O) groups excluding carboxylic acids is 1. The summed E-state index contributed by atoms with van der Waals surface area (Å²) in [6, 6.07) is 5.59. The van der Waals surface area contributed by atoms with Gasteiger partial charge in [0, 0.05) is 36.6 Å². The monoisotopic (exact) mass is 283 g/mol. The van der Waals surface area contributed by atoms with Crippen LogP contribution in [0.2, 0.25) is 0 Å². The lowest BCUT2D eigenvalue weighted by atomic mass is 10.1. The van der Waals surface area contributed by atoms with Gasteiger partial charge in [-0.25, -0.2) is 4.98 Å². The van der Waals surface area contributed by atoms with Crippen LogP contribution in [-0.4, -0.2) is 27.2 Å². The zero-order valence-electron chi connectivity index (χ0n) is 11.8. The summed E-state index contributed by atoms with van der Waals surface area (Å²) in [4.78, 5) is 15.9. The highest BCUT2D eigenvalue weighted by molar-refractivity contribution is 5.90. The smallest absolute Gasteiger partial charge is 0.226 e. The molecule has 5 heteroatoms. The summed E-state index contributed by atoms with van der Waals surface area (Å²) < 4.78 is 1.86. The number of hydrogen-bond acceptors (Lipinski definition) is 3. The second-order valence-corrected chi connectivity index (χ2v) is 4.65. The third kappa shape index (κ3) is 4.79. The topological polar surface area (TPSA) is 67.2 Å². The number of aromatic nitrogens is 2. The van der Waals surface area contributed by atoms with E-state index in [1.807, 2.05) is 29.8 Å². The van der Waals surface area contributed by atoms with Crippen molar-refractivity contribution < 1.29 is 9.90 Å². The fraction of sp³-hybridized carbons (Fsp3) is 0.250. The lowest BCUT2D eigenvalue weighted by molar-refractivity contribution is -0.116. The highest BCUT2D eigenvalue weighted by Crippen LogP contribution is 2.14. The maximum absolute atomic E-state index is 11.9. The second kappa shape index (κ2) is 7.27. The molecule has 0 saturated carbocycles. The van der Waals surface area contributed by atoms with Crippen molar-refractivity contribution >= 4 is 11.6 Å². The predicted octanol–water partition coefficient (Wildman–Crippen LogP) is 1.56. The van der Waals surface area contributed by atoms with E-state index in [0.29, 0.717) is 18.7 Å². The molecule has 1 heterocycles. The molecule has 5 nitrogen and oxygen atoms in total. The molecule has 0 spiro atoms. The highest BCUT2D eigenvalue weighted by Gasteiger charge is 2.04. The van der Waals surface area contributed by atoms with Crippen molar-refractivity contribution in [3.05, 3.63) is 48.0 Å². The zero-order valence-corrected chi connectivity index (χ0v) is 11.8. The van der Waals surface area contributed by atoms with E-state index in [-0.39, 0.29) is 12.5 Å². The van der Waals surface area contributed by atoms with Crippen molar-refractivity contribution in [3.63, 3.8) is 0 Å². The molecular formula is C16H17N3O2. The molecule has 0 aliphatic rings. The summed E-state index contributed by atoms with van der Waals surface area (Å²) in [7, 11) is 0. The number of anilines is 1. The van der Waals surface area contributed by atoms with Crippen molar-refractivity contribution in [1.29, 1.82) is 0 Å². The van der Waals surface area contributed by atoms with Gasteiger partial charge in [0.05, 0.1) is 6.33 Å². The van der Waals surface area contributed by atoms with Crippen molar-refractivity contribution in [2.45, 2.75) is 19.9 Å². The third-order valence-corrected chi connectivity index (χ3v) is 2.83. The van der Waals surface area contributed by atoms with Gasteiger partial charge in [-0.3, -0.25) is 4.79 Å². The molecule has 0 aliphatic heterocycles. The van der Waals surface area contributed by atoms with Crippen LogP contribution in [0.4, 0.5) is 5.69 Å². The van der Waals surface area contributed by atoms with Crippen molar-refractivity contribution in [3.8, 4) is 11.8 Å². The Balaban J connectivity index is 1.98. The molecule has 0 aliphatic carbocycles. The number of aliphatic hydroxyl groups excluding tert-OH is 1. The number of carbonyl (C=O) groups is 1. The Morgan fingerprint density at radius 1 is 1.43 bits per heavy atom. The van der Waals surface area contributed by atoms with Crippen molar-refractivity contribution in [1.82, 2.24) is 9.55 Å². The molecule has 0 bridgehead atoms. The fourth-order valence-corrected chi connectivity index (χ4v) is 1.94. The first-order valence-corrected chi connectivity index (χ1v) is 6.64. The number of amides is 1. The van der Waals surface area contributed by atoms with Gasteiger partial charge >= 0.3 is 0 Å². The maximum Gasteiger partial charge on any atom is 0.226 e. The van der Waals surface area contributed by atoms with Crippen LogP contribution in [-0.2, 0) is 11.3 Å². The van der Waals surface area contributed by atoms with Crippen LogP contribution in [0.15, 0.2) is 36.9 Å². The fourth-order valence-electron chi connectivity index (χ4n) is 1.94. The van der Waals surface area contributed by atoms with Gasteiger partial charge in [-0.15, -0.1) is 0 Å². The van der Waals surface area contributed by atoms with E-state index < -0.39 is 0 Å². The molecule has 0 unspecified atom stereocenters. The molecule has 1 amide bonds. The van der Waals surface area contributed by atoms with Crippen molar-refractivity contribution in [2.24, 2.45) is 0 Å². The summed E-state index contributed by atoms with van der Waals surface area (Å²) in [6.07, 6.45) is 5.57. The number of imidazole rings is 1. The summed E-state index contributed by atoms with van der Waals surface area (Å²) in [5.41, 5.74) is 2.49. The van der Waals surface area contributed by atoms with Gasteiger partial charge in [0.2, 0.25) is 5.91 Å². The number of nitrogens with zero attached hydrogens (tertiary/aromatic N) is 2. The van der Waals surface area contributed by atoms with E-state index in [4.69, 9.17) is 5.11 Å². The van der Waals surface area contributed by atoms with Crippen LogP contribution < -0.4 is 5.32 Å². The number of nitrogens with one attached hydrogen (secondary N) is 1. The van der Waals surface area contributed by atoms with E-state index in [9.17, 15) is 4.79 Å². The highest BCUT2D eigenvalue weighted by atomic mass is 16.2. The molecular weight excluding hydrogens is 266 g/mol. The number of benzene rings is 1. The summed E-state index contributed by atoms with van der Waals surface area (Å²) in [5.74, 6) is 5.38. The lowest BCUT2D eigenvalue weighted by Gasteiger charge is -2.07. The average Bonchev–Trinajstić information content (AvgIpc) is 2.95. The third-order valence-electron chi connectivity index (χ3n) is 2.83. The normalized spacial score (nSPS) is 9.81. The first-order valence-electron chi connectivity index (χ1n) is 6.64. The molecule has 0 atom stereocenters. The van der Waals surface area contributed by atoms with Gasteiger partial charge in [-0.1, -0.05) is 11.8 Å². The molecule has 2 rings (SSSR count). The van der Waals surface area contributed by atoms with Crippen LogP contribution in [0.1, 0.15) is 17.5 Å². The number of aryl methyl sites for hydroxylation is 2. The second-order valence-electron chi connectivity index (χ2n) is 4.65. The number of aliphatic hydroxyl groups is 1. The zero-order chi connectivity index (χ0) is 15.1. The molecule has 2 N–H and O–H groups in total. The molecule has 21 heavy (non-hydrogen) atoms. The van der Waals surface area contributed by atoms with Crippen LogP contribution in [0.3, 0.4) is 0 Å². The Morgan fingerprint density at radius 2 is 2.29 bits per heavy atom. The summed E-state index contributed by atoms with van der Waals surface area (Å²) >= 11 is 0. The Hall–Kier alpha value is -2.58. The Morgan fingerprint density at radius 3 is 3.00 bits per heavy atom. The van der Waals surface area contributed by atoms with Crippen LogP contribution in [0.5, 0.6) is 0 Å².